The van der Waals surface area contributed by atoms with Crippen LogP contribution in [-0.2, 0) is 51.2 Å². The molecule has 2 aliphatic rings. The normalized spacial score (nSPS) is 14.6. The predicted molar refractivity (Wildman–Crippen MR) is 503 cm³/mol. The molecule has 5 amide bonds. The van der Waals surface area contributed by atoms with Crippen LogP contribution in [-0.4, -0.2) is 131 Å². The summed E-state index contributed by atoms with van der Waals surface area (Å²) in [7, 11) is 0. The quantitative estimate of drug-likeness (QED) is 0.00597. The largest absolute Gasteiger partial charge is 0.394 e. The molecule has 25 nitrogen and oxygen atoms in total. The van der Waals surface area contributed by atoms with Crippen molar-refractivity contribution >= 4 is 138 Å². The van der Waals surface area contributed by atoms with Gasteiger partial charge in [-0.05, 0) is 246 Å². The lowest BCUT2D eigenvalue weighted by Gasteiger charge is -2.39. The number of aliphatic imine (C=N–C) groups is 1. The van der Waals surface area contributed by atoms with Gasteiger partial charge in [-0.3, -0.25) is 33.5 Å². The number of halogens is 4. The highest BCUT2D eigenvalue weighted by atomic mass is 79.9. The zero-order chi connectivity index (χ0) is 89.4. The lowest BCUT2D eigenvalue weighted by atomic mass is 9.88. The van der Waals surface area contributed by atoms with Gasteiger partial charge in [0.1, 0.15) is 62.6 Å². The second kappa shape index (κ2) is 48.0. The average molecular weight is 1880 g/mol. The monoisotopic (exact) mass is 1880 g/mol. The maximum Gasteiger partial charge on any atom is 0.262 e. The minimum Gasteiger partial charge on any atom is -0.394 e. The number of ether oxygens (including phenoxy) is 2. The van der Waals surface area contributed by atoms with Crippen molar-refractivity contribution in [3.05, 3.63) is 284 Å². The average Bonchev–Trinajstić information content (AvgIpc) is 1.56. The number of nitrogens with one attached hydrogen (secondary N) is 5. The molecule has 4 aromatic heterocycles. The van der Waals surface area contributed by atoms with Crippen LogP contribution in [0.4, 0.5) is 11.4 Å². The standard InChI is InChI=1S/C51H53BrClN7O5.C45H47BrClN9O4S/c1-4-7-46(59-51(63)41(33-54)31-44-9-5-10-49(52)58-44)38-13-11-36(12-14-38)8-6-25-56-65-29-28-64-27-26-55-50(62)39-17-15-37(16-18-39)40-19-24-48-45(32-40)47(30-34(2)60(48)35(3)61)57-43-22-20-42(53)21-23-43;1-5-8-37(53-44(58)34(27-48)25-36-10-6-11-39(46)51-36)32-14-12-31(13-15-32)9-7-20-50-60-24-23-59-22-21-49-40(57)26-38-43-55-54-30(4)56(43)45-41(28(2)29(3)61-45)42(52-38)33-16-18-35(47)19-17-33/h5,9-25,31-32,34,46-47,57H,4,6-8,26-30H2,1-3H3,(H,55,62)(H,59,63);6,10-20,25,37-38H,5,7-9,21-24,26H2,1-4H3,(H,49,57)(H,53,58)/b41-31+,56-25+;34-25+,50-20+/t34-,46-,47+;37-,38-/m00/s1. The molecule has 126 heavy (non-hydrogen) atoms. The Morgan fingerprint density at radius 2 is 1.16 bits per heavy atom. The molecule has 30 heteroatoms. The molecule has 0 saturated carbocycles. The van der Waals surface area contributed by atoms with Crippen molar-refractivity contribution < 1.29 is 43.1 Å². The SMILES string of the molecule is CCC[C@H](NC(=O)/C(C#N)=C/c1cccc(Br)n1)c1ccc(CC/C=N/OCCOCCNC(=O)C[C@@H]2N=C(c3ccc(Cl)cc3)c3c(sc(C)c3C)-n3c(C)nnc32)cc1.CCC[C@H](NC(=O)/C(C#N)=C/c1cccc(Br)n1)c1ccc(CC/C=N/OCCOCCNC(=O)c2ccc(-c3ccc4c(c3)[C@H](Nc3ccc(Cl)cc3)C[C@H](C)N4C(C)=O)cc2)cc1. The van der Waals surface area contributed by atoms with Crippen LogP contribution in [0.2, 0.25) is 10.0 Å². The number of hydrogen-bond acceptors (Lipinski definition) is 20. The molecule has 0 spiro atoms. The number of thiophene rings is 1. The molecule has 5 N–H and O–H groups in total. The van der Waals surface area contributed by atoms with E-state index < -0.39 is 17.9 Å². The summed E-state index contributed by atoms with van der Waals surface area (Å²) in [5.41, 5.74) is 14.4. The highest BCUT2D eigenvalue weighted by Gasteiger charge is 2.35. The van der Waals surface area contributed by atoms with E-state index in [1.165, 1.54) is 17.0 Å². The van der Waals surface area contributed by atoms with Crippen molar-refractivity contribution in [1.82, 2.24) is 46.0 Å². The van der Waals surface area contributed by atoms with Crippen LogP contribution in [0.5, 0.6) is 0 Å². The number of aromatic nitrogens is 5. The second-order valence-electron chi connectivity index (χ2n) is 30.0. The highest BCUT2D eigenvalue weighted by Crippen LogP contribution is 2.43. The van der Waals surface area contributed by atoms with Gasteiger partial charge in [0.25, 0.3) is 17.7 Å². The Hall–Kier alpha value is -11.9. The molecule has 0 saturated heterocycles. The number of nitriles is 2. The summed E-state index contributed by atoms with van der Waals surface area (Å²) in [6.07, 6.45) is 13.3. The molecule has 652 valence electrons. The molecule has 6 aromatic carbocycles. The van der Waals surface area contributed by atoms with Crippen molar-refractivity contribution in [3.8, 4) is 28.3 Å². The van der Waals surface area contributed by atoms with E-state index in [1.807, 2.05) is 162 Å². The first-order valence-electron chi connectivity index (χ1n) is 41.8. The lowest BCUT2D eigenvalue weighted by molar-refractivity contribution is -0.122. The number of oxime groups is 2. The topological polar surface area (TPSA) is 327 Å². The number of pyridine rings is 2. The van der Waals surface area contributed by atoms with E-state index in [-0.39, 0.29) is 72.7 Å². The smallest absolute Gasteiger partial charge is 0.262 e. The van der Waals surface area contributed by atoms with E-state index in [9.17, 15) is 34.5 Å². The van der Waals surface area contributed by atoms with Crippen molar-refractivity contribution in [3.63, 3.8) is 0 Å². The van der Waals surface area contributed by atoms with E-state index in [4.69, 9.17) is 47.3 Å². The third-order valence-electron chi connectivity index (χ3n) is 20.9. The summed E-state index contributed by atoms with van der Waals surface area (Å²) < 4.78 is 14.6. The molecule has 5 atom stereocenters. The zero-order valence-electron chi connectivity index (χ0n) is 71.2. The highest BCUT2D eigenvalue weighted by molar-refractivity contribution is 9.10. The maximum atomic E-state index is 13.2. The number of nitrogens with zero attached hydrogens (tertiary/aromatic N) is 11. The van der Waals surface area contributed by atoms with Gasteiger partial charge >= 0.3 is 0 Å². The third kappa shape index (κ3) is 27.1. The van der Waals surface area contributed by atoms with E-state index >= 15 is 0 Å². The zero-order valence-corrected chi connectivity index (χ0v) is 76.7. The molecule has 0 bridgehead atoms. The predicted octanol–water partition coefficient (Wildman–Crippen LogP) is 19.1. The Labute approximate surface area is 765 Å². The molecular weight excluding hydrogens is 1780 g/mol. The molecule has 12 rings (SSSR count). The molecule has 10 aromatic rings. The number of amides is 5. The molecule has 0 radical (unpaired) electrons. The minimum absolute atomic E-state index is 0.00397. The number of benzene rings is 6. The molecule has 2 aliphatic heterocycles. The van der Waals surface area contributed by atoms with Crippen LogP contribution in [0.1, 0.15) is 186 Å². The minimum atomic E-state index is -0.551. The van der Waals surface area contributed by atoms with Crippen molar-refractivity contribution in [1.29, 1.82) is 10.5 Å². The Kier molecular flexibility index (Phi) is 36.1. The number of aryl methyl sites for hydroxylation is 4. The first kappa shape index (κ1) is 94.8. The Balaban J connectivity index is 0.000000245. The van der Waals surface area contributed by atoms with E-state index in [0.29, 0.717) is 94.4 Å². The molecule has 6 heterocycles. The first-order valence-corrected chi connectivity index (χ1v) is 44.9. The van der Waals surface area contributed by atoms with E-state index in [2.05, 4.69) is 130 Å². The summed E-state index contributed by atoms with van der Waals surface area (Å²) in [4.78, 5) is 92.3. The second-order valence-corrected chi connectivity index (χ2v) is 33.7. The van der Waals surface area contributed by atoms with Gasteiger partial charge in [0.2, 0.25) is 11.8 Å². The van der Waals surface area contributed by atoms with Crippen molar-refractivity contribution in [2.45, 2.75) is 143 Å². The van der Waals surface area contributed by atoms with Gasteiger partial charge in [0, 0.05) is 81.5 Å². The molecular formula is C96H100Br2Cl2N16O9S. The van der Waals surface area contributed by atoms with E-state index in [1.54, 1.807) is 67.1 Å². The number of carbonyl (C=O) groups is 5. The molecule has 0 aliphatic carbocycles. The van der Waals surface area contributed by atoms with E-state index in [0.717, 1.165) is 128 Å². The number of hydrogen-bond donors (Lipinski definition) is 5. The van der Waals surface area contributed by atoms with Gasteiger partial charge in [-0.1, -0.05) is 151 Å². The van der Waals surface area contributed by atoms with Gasteiger partial charge in [-0.2, -0.15) is 10.5 Å². The summed E-state index contributed by atoms with van der Waals surface area (Å²) in [5, 5.41) is 54.1. The van der Waals surface area contributed by atoms with Gasteiger partial charge in [-0.15, -0.1) is 21.5 Å². The number of carbonyl (C=O) groups excluding carboxylic acids is 5. The molecule has 0 fully saturated rings. The van der Waals surface area contributed by atoms with Gasteiger partial charge in [-0.25, -0.2) is 9.97 Å². The van der Waals surface area contributed by atoms with Crippen LogP contribution in [0.25, 0.3) is 28.3 Å². The van der Waals surface area contributed by atoms with Crippen molar-refractivity contribution in [2.24, 2.45) is 15.3 Å². The first-order chi connectivity index (χ1) is 61.1. The van der Waals surface area contributed by atoms with Crippen LogP contribution in [0.15, 0.2) is 212 Å². The van der Waals surface area contributed by atoms with Gasteiger partial charge < -0.3 is 50.6 Å². The fraction of sp³-hybridized carbons (Fsp3) is 0.312. The number of fused-ring (bicyclic) bond motifs is 4. The maximum absolute atomic E-state index is 13.2. The fourth-order valence-corrected chi connectivity index (χ4v) is 16.7. The third-order valence-corrected chi connectivity index (χ3v) is 23.5. The lowest BCUT2D eigenvalue weighted by Crippen LogP contribution is -2.43. The summed E-state index contributed by atoms with van der Waals surface area (Å²) in [6, 6.07) is 58.6. The Morgan fingerprint density at radius 3 is 1.68 bits per heavy atom. The van der Waals surface area contributed by atoms with Crippen molar-refractivity contribution in [2.75, 3.05) is 62.9 Å². The summed E-state index contributed by atoms with van der Waals surface area (Å²) in [5.74, 6) is 0.122. The van der Waals surface area contributed by atoms with Gasteiger partial charge in [0.15, 0.2) is 5.82 Å². The van der Waals surface area contributed by atoms with Crippen LogP contribution >= 0.6 is 66.4 Å². The van der Waals surface area contributed by atoms with Crippen LogP contribution < -0.4 is 31.5 Å². The summed E-state index contributed by atoms with van der Waals surface area (Å²) >= 11 is 20.6. The Morgan fingerprint density at radius 1 is 0.635 bits per heavy atom. The summed E-state index contributed by atoms with van der Waals surface area (Å²) in [6.45, 7) is 16.4. The van der Waals surface area contributed by atoms with Gasteiger partial charge in [0.05, 0.1) is 68.1 Å². The number of rotatable bonds is 39. The van der Waals surface area contributed by atoms with Crippen LogP contribution in [0, 0.1) is 43.4 Å². The number of anilines is 2. The molecule has 0 unspecified atom stereocenters. The fourth-order valence-electron chi connectivity index (χ4n) is 14.5. The van der Waals surface area contributed by atoms with Crippen LogP contribution in [0.3, 0.4) is 0 Å². The Bertz CT molecular complexity index is 5660.